The maximum Gasteiger partial charge on any atom is 0.239 e. The van der Waals surface area contributed by atoms with Gasteiger partial charge in [-0.3, -0.25) is 9.59 Å². The number of anilines is 1. The topological polar surface area (TPSA) is 40.6 Å². The molecule has 0 spiro atoms. The van der Waals surface area contributed by atoms with Crippen molar-refractivity contribution in [3.05, 3.63) is 65.7 Å². The number of amides is 2. The van der Waals surface area contributed by atoms with Gasteiger partial charge in [-0.1, -0.05) is 48.5 Å². The molecule has 0 aliphatic carbocycles. The predicted molar refractivity (Wildman–Crippen MR) is 94.6 cm³/mol. The molecule has 3 rings (SSSR count). The van der Waals surface area contributed by atoms with E-state index in [-0.39, 0.29) is 11.8 Å². The standard InChI is InChI=1S/C20H22N2O2/c1-15-8-6-7-11-18(15)22-13-12-17(20(22)24)19(23)21(2)14-16-9-4-3-5-10-16/h3-11,17H,12-14H2,1-2H3. The number of carbonyl (C=O) groups is 2. The van der Waals surface area contributed by atoms with E-state index in [4.69, 9.17) is 0 Å². The van der Waals surface area contributed by atoms with Crippen LogP contribution in [-0.2, 0) is 16.1 Å². The molecule has 1 heterocycles. The molecular formula is C20H22N2O2. The molecule has 2 aromatic rings. The van der Waals surface area contributed by atoms with Crippen LogP contribution in [-0.4, -0.2) is 30.3 Å². The van der Waals surface area contributed by atoms with E-state index in [9.17, 15) is 9.59 Å². The smallest absolute Gasteiger partial charge is 0.239 e. The monoisotopic (exact) mass is 322 g/mol. The van der Waals surface area contributed by atoms with E-state index < -0.39 is 5.92 Å². The average Bonchev–Trinajstić information content (AvgIpc) is 2.97. The van der Waals surface area contributed by atoms with Gasteiger partial charge in [0.15, 0.2) is 0 Å². The lowest BCUT2D eigenvalue weighted by atomic mass is 10.1. The molecule has 1 unspecified atom stereocenters. The van der Waals surface area contributed by atoms with Gasteiger partial charge < -0.3 is 9.80 Å². The van der Waals surface area contributed by atoms with Crippen LogP contribution < -0.4 is 4.90 Å². The highest BCUT2D eigenvalue weighted by atomic mass is 16.2. The minimum Gasteiger partial charge on any atom is -0.341 e. The summed E-state index contributed by atoms with van der Waals surface area (Å²) in [6, 6.07) is 17.6. The van der Waals surface area contributed by atoms with Crippen LogP contribution in [0.4, 0.5) is 5.69 Å². The van der Waals surface area contributed by atoms with Crippen molar-refractivity contribution >= 4 is 17.5 Å². The van der Waals surface area contributed by atoms with Crippen LogP contribution in [0.2, 0.25) is 0 Å². The summed E-state index contributed by atoms with van der Waals surface area (Å²) in [7, 11) is 1.76. The van der Waals surface area contributed by atoms with E-state index in [1.165, 1.54) is 0 Å². The molecule has 0 saturated carbocycles. The van der Waals surface area contributed by atoms with Gasteiger partial charge >= 0.3 is 0 Å². The molecule has 1 aliphatic heterocycles. The van der Waals surface area contributed by atoms with Crippen molar-refractivity contribution in [2.24, 2.45) is 5.92 Å². The fourth-order valence-electron chi connectivity index (χ4n) is 3.22. The second kappa shape index (κ2) is 6.87. The van der Waals surface area contributed by atoms with Crippen LogP contribution in [0.15, 0.2) is 54.6 Å². The van der Waals surface area contributed by atoms with Crippen molar-refractivity contribution in [3.8, 4) is 0 Å². The molecule has 24 heavy (non-hydrogen) atoms. The SMILES string of the molecule is Cc1ccccc1N1CCC(C(=O)N(C)Cc2ccccc2)C1=O. The number of aryl methyl sites for hydroxylation is 1. The Balaban J connectivity index is 1.70. The first-order valence-corrected chi connectivity index (χ1v) is 8.24. The summed E-state index contributed by atoms with van der Waals surface area (Å²) in [6.45, 7) is 3.10. The third-order valence-electron chi connectivity index (χ3n) is 4.55. The first-order chi connectivity index (χ1) is 11.6. The van der Waals surface area contributed by atoms with Gasteiger partial charge in [0.25, 0.3) is 0 Å². The Morgan fingerprint density at radius 3 is 2.50 bits per heavy atom. The molecule has 1 aliphatic rings. The Morgan fingerprint density at radius 2 is 1.79 bits per heavy atom. The molecule has 1 fully saturated rings. The van der Waals surface area contributed by atoms with Crippen molar-refractivity contribution in [1.82, 2.24) is 4.90 Å². The highest BCUT2D eigenvalue weighted by molar-refractivity contribution is 6.09. The number of nitrogens with zero attached hydrogens (tertiary/aromatic N) is 2. The minimum atomic E-state index is -0.571. The van der Waals surface area contributed by atoms with E-state index in [1.807, 2.05) is 61.5 Å². The van der Waals surface area contributed by atoms with Crippen LogP contribution in [0.3, 0.4) is 0 Å². The first kappa shape index (κ1) is 16.2. The van der Waals surface area contributed by atoms with Gasteiger partial charge in [0.1, 0.15) is 5.92 Å². The molecule has 0 radical (unpaired) electrons. The Kier molecular flexibility index (Phi) is 4.65. The van der Waals surface area contributed by atoms with E-state index >= 15 is 0 Å². The lowest BCUT2D eigenvalue weighted by Gasteiger charge is -2.22. The number of rotatable bonds is 4. The summed E-state index contributed by atoms with van der Waals surface area (Å²) in [5, 5.41) is 0. The van der Waals surface area contributed by atoms with E-state index in [0.717, 1.165) is 16.8 Å². The quantitative estimate of drug-likeness (QED) is 0.812. The molecule has 124 valence electrons. The zero-order chi connectivity index (χ0) is 17.1. The van der Waals surface area contributed by atoms with Gasteiger partial charge in [0.05, 0.1) is 0 Å². The Hall–Kier alpha value is -2.62. The summed E-state index contributed by atoms with van der Waals surface area (Å²) in [6.07, 6.45) is 0.575. The van der Waals surface area contributed by atoms with E-state index in [0.29, 0.717) is 19.5 Å². The number of carbonyl (C=O) groups excluding carboxylic acids is 2. The van der Waals surface area contributed by atoms with Crippen LogP contribution in [0.25, 0.3) is 0 Å². The van der Waals surface area contributed by atoms with E-state index in [1.54, 1.807) is 16.8 Å². The van der Waals surface area contributed by atoms with Gasteiger partial charge in [0.2, 0.25) is 11.8 Å². The van der Waals surface area contributed by atoms with Gasteiger partial charge in [0, 0.05) is 25.8 Å². The number of hydrogen-bond acceptors (Lipinski definition) is 2. The maximum atomic E-state index is 12.7. The molecule has 4 nitrogen and oxygen atoms in total. The molecule has 1 atom stereocenters. The highest BCUT2D eigenvalue weighted by Crippen LogP contribution is 2.28. The molecular weight excluding hydrogens is 300 g/mol. The van der Waals surface area contributed by atoms with Crippen molar-refractivity contribution in [2.45, 2.75) is 19.9 Å². The Bertz CT molecular complexity index is 742. The van der Waals surface area contributed by atoms with Gasteiger partial charge in [-0.05, 0) is 30.5 Å². The van der Waals surface area contributed by atoms with Crippen molar-refractivity contribution in [2.75, 3.05) is 18.5 Å². The van der Waals surface area contributed by atoms with Crippen molar-refractivity contribution in [3.63, 3.8) is 0 Å². The lowest BCUT2D eigenvalue weighted by Crippen LogP contribution is -2.37. The van der Waals surface area contributed by atoms with Crippen molar-refractivity contribution in [1.29, 1.82) is 0 Å². The summed E-state index contributed by atoms with van der Waals surface area (Å²) < 4.78 is 0. The minimum absolute atomic E-state index is 0.0887. The molecule has 1 saturated heterocycles. The molecule has 0 N–H and O–H groups in total. The third-order valence-corrected chi connectivity index (χ3v) is 4.55. The first-order valence-electron chi connectivity index (χ1n) is 8.24. The molecule has 0 bridgehead atoms. The zero-order valence-corrected chi connectivity index (χ0v) is 14.1. The second-order valence-electron chi connectivity index (χ2n) is 6.30. The number of hydrogen-bond donors (Lipinski definition) is 0. The van der Waals surface area contributed by atoms with Gasteiger partial charge in [-0.15, -0.1) is 0 Å². The fraction of sp³-hybridized carbons (Fsp3) is 0.300. The van der Waals surface area contributed by atoms with Crippen molar-refractivity contribution < 1.29 is 9.59 Å². The molecule has 2 amide bonds. The lowest BCUT2D eigenvalue weighted by molar-refractivity contribution is -0.139. The zero-order valence-electron chi connectivity index (χ0n) is 14.1. The fourth-order valence-corrected chi connectivity index (χ4v) is 3.22. The molecule has 4 heteroatoms. The third kappa shape index (κ3) is 3.18. The summed E-state index contributed by atoms with van der Waals surface area (Å²) in [5.74, 6) is -0.757. The van der Waals surface area contributed by atoms with Crippen LogP contribution >= 0.6 is 0 Å². The van der Waals surface area contributed by atoms with Gasteiger partial charge in [-0.25, -0.2) is 0 Å². The highest BCUT2D eigenvalue weighted by Gasteiger charge is 2.39. The summed E-state index contributed by atoms with van der Waals surface area (Å²) >= 11 is 0. The van der Waals surface area contributed by atoms with Crippen LogP contribution in [0.5, 0.6) is 0 Å². The molecule has 0 aromatic heterocycles. The maximum absolute atomic E-state index is 12.7. The summed E-state index contributed by atoms with van der Waals surface area (Å²) in [4.78, 5) is 28.8. The number of benzene rings is 2. The second-order valence-corrected chi connectivity index (χ2v) is 6.30. The predicted octanol–water partition coefficient (Wildman–Crippen LogP) is 3.01. The Morgan fingerprint density at radius 1 is 1.12 bits per heavy atom. The largest absolute Gasteiger partial charge is 0.341 e. The Labute approximate surface area is 142 Å². The van der Waals surface area contributed by atoms with Crippen LogP contribution in [0.1, 0.15) is 17.5 Å². The van der Waals surface area contributed by atoms with Gasteiger partial charge in [-0.2, -0.15) is 0 Å². The van der Waals surface area contributed by atoms with Crippen LogP contribution in [0, 0.1) is 12.8 Å². The normalized spacial score (nSPS) is 17.2. The number of para-hydroxylation sites is 1. The average molecular weight is 322 g/mol. The summed E-state index contributed by atoms with van der Waals surface area (Å²) in [5.41, 5.74) is 3.02. The van der Waals surface area contributed by atoms with E-state index in [2.05, 4.69) is 0 Å². The molecule has 2 aromatic carbocycles.